The van der Waals surface area contributed by atoms with Crippen molar-refractivity contribution in [2.45, 2.75) is 45.3 Å². The maximum atomic E-state index is 12.4. The molecule has 20 heavy (non-hydrogen) atoms. The topological polar surface area (TPSA) is 53.0 Å². The molecule has 0 aromatic carbocycles. The number of carbonyl (C=O) groups is 1. The van der Waals surface area contributed by atoms with Crippen LogP contribution in [0.15, 0.2) is 0 Å². The van der Waals surface area contributed by atoms with E-state index in [9.17, 15) is 4.79 Å². The van der Waals surface area contributed by atoms with Crippen LogP contribution in [0.3, 0.4) is 0 Å². The highest BCUT2D eigenvalue weighted by atomic mass is 16.5. The molecule has 2 fully saturated rings. The Morgan fingerprint density at radius 1 is 1.25 bits per heavy atom. The van der Waals surface area contributed by atoms with Crippen molar-refractivity contribution in [1.82, 2.24) is 9.80 Å². The van der Waals surface area contributed by atoms with Gasteiger partial charge in [0.05, 0.1) is 18.8 Å². The lowest BCUT2D eigenvalue weighted by molar-refractivity contribution is -0.144. The zero-order valence-electron chi connectivity index (χ0n) is 12.8. The standard InChI is InChI=1S/C15H28N2O3/c1-12-8-17(9-13(2)20-12)15(19)11-16-6-3-4-14(10-16)5-7-18/h12-14,18H,3-11H2,1-2H3. The average molecular weight is 284 g/mol. The maximum absolute atomic E-state index is 12.4. The molecule has 5 heteroatoms. The summed E-state index contributed by atoms with van der Waals surface area (Å²) in [6.45, 7) is 8.17. The van der Waals surface area contributed by atoms with Crippen molar-refractivity contribution in [1.29, 1.82) is 0 Å². The van der Waals surface area contributed by atoms with Crippen molar-refractivity contribution in [2.75, 3.05) is 39.3 Å². The van der Waals surface area contributed by atoms with Crippen LogP contribution in [0.4, 0.5) is 0 Å². The molecule has 2 rings (SSSR count). The molecule has 3 atom stereocenters. The highest BCUT2D eigenvalue weighted by Gasteiger charge is 2.28. The van der Waals surface area contributed by atoms with Gasteiger partial charge in [-0.2, -0.15) is 0 Å². The molecule has 2 aliphatic heterocycles. The van der Waals surface area contributed by atoms with E-state index in [0.717, 1.165) is 25.9 Å². The van der Waals surface area contributed by atoms with Crippen LogP contribution in [-0.2, 0) is 9.53 Å². The van der Waals surface area contributed by atoms with Gasteiger partial charge >= 0.3 is 0 Å². The monoisotopic (exact) mass is 284 g/mol. The number of aliphatic hydroxyl groups excluding tert-OH is 1. The Bertz CT molecular complexity index is 312. The summed E-state index contributed by atoms with van der Waals surface area (Å²) in [4.78, 5) is 16.6. The second-order valence-electron chi connectivity index (χ2n) is 6.31. The average Bonchev–Trinajstić information content (AvgIpc) is 2.38. The Balaban J connectivity index is 1.81. The number of aliphatic hydroxyl groups is 1. The van der Waals surface area contributed by atoms with Gasteiger partial charge in [0.2, 0.25) is 5.91 Å². The van der Waals surface area contributed by atoms with Crippen LogP contribution in [0, 0.1) is 5.92 Å². The van der Waals surface area contributed by atoms with Crippen LogP contribution in [0.1, 0.15) is 33.1 Å². The Kier molecular flexibility index (Phi) is 5.81. The zero-order valence-corrected chi connectivity index (χ0v) is 12.8. The molecule has 3 unspecified atom stereocenters. The second kappa shape index (κ2) is 7.38. The van der Waals surface area contributed by atoms with Crippen LogP contribution >= 0.6 is 0 Å². The lowest BCUT2D eigenvalue weighted by atomic mass is 9.95. The van der Waals surface area contributed by atoms with E-state index in [-0.39, 0.29) is 24.7 Å². The lowest BCUT2D eigenvalue weighted by Crippen LogP contribution is -2.52. The van der Waals surface area contributed by atoms with Crippen molar-refractivity contribution in [3.05, 3.63) is 0 Å². The number of hydrogen-bond acceptors (Lipinski definition) is 4. The third-order valence-electron chi connectivity index (χ3n) is 4.27. The summed E-state index contributed by atoms with van der Waals surface area (Å²) in [7, 11) is 0. The van der Waals surface area contributed by atoms with Gasteiger partial charge in [0, 0.05) is 26.2 Å². The Morgan fingerprint density at radius 3 is 2.60 bits per heavy atom. The van der Waals surface area contributed by atoms with Crippen molar-refractivity contribution in [2.24, 2.45) is 5.92 Å². The van der Waals surface area contributed by atoms with Crippen molar-refractivity contribution in [3.8, 4) is 0 Å². The summed E-state index contributed by atoms with van der Waals surface area (Å²) >= 11 is 0. The van der Waals surface area contributed by atoms with Crippen LogP contribution in [-0.4, -0.2) is 72.4 Å². The fourth-order valence-electron chi connectivity index (χ4n) is 3.39. The molecule has 2 saturated heterocycles. The van der Waals surface area contributed by atoms with E-state index in [2.05, 4.69) is 4.90 Å². The zero-order chi connectivity index (χ0) is 14.5. The number of ether oxygens (including phenoxy) is 1. The van der Waals surface area contributed by atoms with Crippen molar-refractivity contribution < 1.29 is 14.6 Å². The van der Waals surface area contributed by atoms with E-state index in [1.54, 1.807) is 0 Å². The number of nitrogens with zero attached hydrogens (tertiary/aromatic N) is 2. The summed E-state index contributed by atoms with van der Waals surface area (Å²) < 4.78 is 5.67. The van der Waals surface area contributed by atoms with Gasteiger partial charge in [0.15, 0.2) is 0 Å². The Labute approximate surface area is 121 Å². The number of morpholine rings is 1. The van der Waals surface area contributed by atoms with Gasteiger partial charge in [-0.25, -0.2) is 0 Å². The number of likely N-dealkylation sites (tertiary alicyclic amines) is 1. The number of piperidine rings is 1. The number of rotatable bonds is 4. The third kappa shape index (κ3) is 4.43. The van der Waals surface area contributed by atoms with Gasteiger partial charge in [-0.3, -0.25) is 9.69 Å². The minimum Gasteiger partial charge on any atom is -0.396 e. The SMILES string of the molecule is CC1CN(C(=O)CN2CCCC(CCO)C2)CC(C)O1. The van der Waals surface area contributed by atoms with E-state index in [1.807, 2.05) is 18.7 Å². The molecular weight excluding hydrogens is 256 g/mol. The van der Waals surface area contributed by atoms with Gasteiger partial charge in [-0.1, -0.05) is 0 Å². The minimum absolute atomic E-state index is 0.131. The summed E-state index contributed by atoms with van der Waals surface area (Å²) in [6.07, 6.45) is 3.43. The summed E-state index contributed by atoms with van der Waals surface area (Å²) in [5.74, 6) is 0.765. The van der Waals surface area contributed by atoms with Crippen LogP contribution in [0.25, 0.3) is 0 Å². The fourth-order valence-corrected chi connectivity index (χ4v) is 3.39. The van der Waals surface area contributed by atoms with Gasteiger partial charge < -0.3 is 14.7 Å². The van der Waals surface area contributed by atoms with E-state index < -0.39 is 0 Å². The van der Waals surface area contributed by atoms with Gasteiger partial charge in [0.1, 0.15) is 0 Å². The molecule has 0 radical (unpaired) electrons. The normalized spacial score (nSPS) is 32.4. The quantitative estimate of drug-likeness (QED) is 0.826. The summed E-state index contributed by atoms with van der Waals surface area (Å²) in [5.41, 5.74) is 0. The smallest absolute Gasteiger partial charge is 0.236 e. The van der Waals surface area contributed by atoms with Gasteiger partial charge in [-0.15, -0.1) is 0 Å². The lowest BCUT2D eigenvalue weighted by Gasteiger charge is -2.38. The first-order valence-corrected chi connectivity index (χ1v) is 7.85. The second-order valence-corrected chi connectivity index (χ2v) is 6.31. The molecule has 5 nitrogen and oxygen atoms in total. The molecule has 2 aliphatic rings. The molecule has 0 aliphatic carbocycles. The predicted octanol–water partition coefficient (Wildman–Crippen LogP) is 0.717. The first kappa shape index (κ1) is 15.7. The predicted molar refractivity (Wildman–Crippen MR) is 77.5 cm³/mol. The minimum atomic E-state index is 0.131. The summed E-state index contributed by atoms with van der Waals surface area (Å²) in [6, 6.07) is 0. The first-order valence-electron chi connectivity index (χ1n) is 7.85. The van der Waals surface area contributed by atoms with Crippen LogP contribution in [0.2, 0.25) is 0 Å². The van der Waals surface area contributed by atoms with Crippen molar-refractivity contribution in [3.63, 3.8) is 0 Å². The number of amides is 1. The Hall–Kier alpha value is -0.650. The molecule has 1 amide bonds. The van der Waals surface area contributed by atoms with E-state index >= 15 is 0 Å². The Morgan fingerprint density at radius 2 is 1.95 bits per heavy atom. The van der Waals surface area contributed by atoms with Gasteiger partial charge in [-0.05, 0) is 45.6 Å². The highest BCUT2D eigenvalue weighted by Crippen LogP contribution is 2.19. The van der Waals surface area contributed by atoms with Crippen molar-refractivity contribution >= 4 is 5.91 Å². The molecule has 2 heterocycles. The first-order chi connectivity index (χ1) is 9.58. The molecule has 0 saturated carbocycles. The van der Waals surface area contributed by atoms with Gasteiger partial charge in [0.25, 0.3) is 0 Å². The van der Waals surface area contributed by atoms with Crippen LogP contribution in [0.5, 0.6) is 0 Å². The molecule has 0 aromatic heterocycles. The number of carbonyl (C=O) groups excluding carboxylic acids is 1. The molecule has 0 aromatic rings. The molecular formula is C15H28N2O3. The van der Waals surface area contributed by atoms with Crippen LogP contribution < -0.4 is 0 Å². The van der Waals surface area contributed by atoms with E-state index in [1.165, 1.54) is 6.42 Å². The molecule has 0 spiro atoms. The molecule has 1 N–H and O–H groups in total. The van der Waals surface area contributed by atoms with E-state index in [4.69, 9.17) is 9.84 Å². The third-order valence-corrected chi connectivity index (χ3v) is 4.27. The molecule has 0 bridgehead atoms. The number of hydrogen-bond donors (Lipinski definition) is 1. The summed E-state index contributed by atoms with van der Waals surface area (Å²) in [5, 5.41) is 9.04. The highest BCUT2D eigenvalue weighted by molar-refractivity contribution is 5.78. The maximum Gasteiger partial charge on any atom is 0.236 e. The van der Waals surface area contributed by atoms with E-state index in [0.29, 0.717) is 25.6 Å². The largest absolute Gasteiger partial charge is 0.396 e. The fraction of sp³-hybridized carbons (Fsp3) is 0.933. The molecule has 116 valence electrons.